The number of carbonyl (C=O) groups is 2. The molecule has 61 heavy (non-hydrogen) atoms. The van der Waals surface area contributed by atoms with Gasteiger partial charge in [0.05, 0.1) is 57.3 Å². The van der Waals surface area contributed by atoms with Crippen LogP contribution in [0, 0.1) is 17.3 Å². The maximum absolute atomic E-state index is 14.0. The number of aliphatic hydroxyl groups is 1. The standard InChI is InChI=1S/C44H65IO16/c1-23-17-34-43(4,5)33(15-16-45)59-35(47)20-30-24(2)29(18-28(57-30)19-32(46)44(23,48)61-34)58-41-39(52-9)37(31(50-7)22-55-41)60-42-40(53-10)38(51-8)36(25(3)56-42)54-21-26-11-13-27(49-6)14-12-26/h11-16,23-25,28-31,33-34,36-42,48H,17-22H2,1-10H3/b16-15+/t23-,24-,25+,28+,29+,30+,31-,33-,34-,36-,37+,38-,39-,40+,41+,42+,44-/m1/s1. The second-order valence-electron chi connectivity index (χ2n) is 17.4. The van der Waals surface area contributed by atoms with Gasteiger partial charge in [-0.3, -0.25) is 9.59 Å². The number of hydrogen-bond acceptors (Lipinski definition) is 16. The lowest BCUT2D eigenvalue weighted by Crippen LogP contribution is -2.64. The Kier molecular flexibility index (Phi) is 16.7. The summed E-state index contributed by atoms with van der Waals surface area (Å²) in [6.07, 6.45) is -7.34. The highest BCUT2D eigenvalue weighted by Gasteiger charge is 2.57. The normalized spacial score (nSPS) is 42.0. The van der Waals surface area contributed by atoms with Crippen LogP contribution in [0.3, 0.4) is 0 Å². The second kappa shape index (κ2) is 21.0. The molecule has 5 saturated heterocycles. The van der Waals surface area contributed by atoms with E-state index < -0.39 is 115 Å². The highest BCUT2D eigenvalue weighted by atomic mass is 127. The minimum atomic E-state index is -2.03. The number of halogens is 1. The topological polar surface area (TPSA) is 174 Å². The Morgan fingerprint density at radius 3 is 2.15 bits per heavy atom. The SMILES string of the molecule is COc1ccc(CO[C@H]2[C@@H](OC)[C@H](OC)[C@H](O[C@@H]3[C@@H](OC)[C@H](O[C@H]4C[C@H]5CC(=O)[C@]6(O)O[C@H](C[C@H]6C)C(C)(C)[C@@H](/C=C/I)OC(=O)C[C@H](O5)[C@@H]4C)OC[C@H]3OC)O[C@H]2C)cc1. The number of benzene rings is 1. The van der Waals surface area contributed by atoms with E-state index in [1.165, 1.54) is 7.11 Å². The van der Waals surface area contributed by atoms with Crippen LogP contribution in [0.25, 0.3) is 0 Å². The predicted octanol–water partition coefficient (Wildman–Crippen LogP) is 4.67. The molecule has 5 fully saturated rings. The average Bonchev–Trinajstić information content (AvgIpc) is 3.56. The molecule has 0 aliphatic carbocycles. The van der Waals surface area contributed by atoms with Crippen LogP contribution >= 0.6 is 22.6 Å². The Morgan fingerprint density at radius 1 is 0.820 bits per heavy atom. The molecule has 16 nitrogen and oxygen atoms in total. The molecule has 344 valence electrons. The Labute approximate surface area is 372 Å². The number of fused-ring (bicyclic) bond motifs is 4. The van der Waals surface area contributed by atoms with Crippen LogP contribution in [0.4, 0.5) is 0 Å². The molecule has 1 N–H and O–H groups in total. The number of cyclic esters (lactones) is 1. The van der Waals surface area contributed by atoms with E-state index in [1.54, 1.807) is 45.5 Å². The van der Waals surface area contributed by atoms with Crippen LogP contribution in [-0.2, 0) is 73.0 Å². The monoisotopic (exact) mass is 976 g/mol. The lowest BCUT2D eigenvalue weighted by atomic mass is 9.77. The highest BCUT2D eigenvalue weighted by Crippen LogP contribution is 2.47. The van der Waals surface area contributed by atoms with Gasteiger partial charge in [-0.15, -0.1) is 0 Å². The summed E-state index contributed by atoms with van der Waals surface area (Å²) in [5.41, 5.74) is 0.197. The lowest BCUT2D eigenvalue weighted by Gasteiger charge is -2.48. The average molecular weight is 977 g/mol. The Morgan fingerprint density at radius 2 is 1.51 bits per heavy atom. The number of hydrogen-bond donors (Lipinski definition) is 1. The van der Waals surface area contributed by atoms with Gasteiger partial charge in [-0.05, 0) is 41.2 Å². The van der Waals surface area contributed by atoms with E-state index in [4.69, 9.17) is 61.6 Å². The number of esters is 1. The summed E-state index contributed by atoms with van der Waals surface area (Å²) in [6, 6.07) is 7.63. The van der Waals surface area contributed by atoms with Gasteiger partial charge in [0.2, 0.25) is 5.79 Å². The first-order valence-electron chi connectivity index (χ1n) is 21.1. The van der Waals surface area contributed by atoms with Crippen molar-refractivity contribution < 1.29 is 76.3 Å². The van der Waals surface area contributed by atoms with Crippen molar-refractivity contribution in [1.82, 2.24) is 0 Å². The molecule has 0 unspecified atom stereocenters. The van der Waals surface area contributed by atoms with Crippen LogP contribution < -0.4 is 4.74 Å². The van der Waals surface area contributed by atoms with Crippen molar-refractivity contribution in [2.75, 3.05) is 42.2 Å². The maximum Gasteiger partial charge on any atom is 0.309 e. The van der Waals surface area contributed by atoms with Crippen LogP contribution in [0.1, 0.15) is 65.9 Å². The summed E-state index contributed by atoms with van der Waals surface area (Å²) in [7, 11) is 7.88. The molecule has 5 aliphatic heterocycles. The molecule has 1 aromatic rings. The molecule has 4 bridgehead atoms. The molecule has 17 heteroatoms. The van der Waals surface area contributed by atoms with E-state index in [2.05, 4.69) is 22.6 Å². The van der Waals surface area contributed by atoms with Crippen molar-refractivity contribution in [2.45, 2.75) is 159 Å². The Balaban J connectivity index is 1.19. The van der Waals surface area contributed by atoms with E-state index in [9.17, 15) is 14.7 Å². The quantitative estimate of drug-likeness (QED) is 0.213. The molecule has 0 saturated carbocycles. The minimum absolute atomic E-state index is 0.0859. The summed E-state index contributed by atoms with van der Waals surface area (Å²) in [5.74, 6) is -3.10. The van der Waals surface area contributed by atoms with Gasteiger partial charge in [0.1, 0.15) is 48.5 Å². The van der Waals surface area contributed by atoms with Crippen LogP contribution in [-0.4, -0.2) is 151 Å². The molecule has 5 aliphatic rings. The Hall–Kier alpha value is -1.85. The molecule has 1 aromatic carbocycles. The predicted molar refractivity (Wildman–Crippen MR) is 226 cm³/mol. The van der Waals surface area contributed by atoms with E-state index in [-0.39, 0.29) is 31.8 Å². The van der Waals surface area contributed by atoms with Gasteiger partial charge in [0, 0.05) is 58.5 Å². The summed E-state index contributed by atoms with van der Waals surface area (Å²) >= 11 is 2.08. The van der Waals surface area contributed by atoms with Crippen molar-refractivity contribution in [1.29, 1.82) is 0 Å². The summed E-state index contributed by atoms with van der Waals surface area (Å²) in [6.45, 7) is 9.86. The van der Waals surface area contributed by atoms with Crippen molar-refractivity contribution in [2.24, 2.45) is 17.3 Å². The van der Waals surface area contributed by atoms with Gasteiger partial charge in [-0.1, -0.05) is 62.4 Å². The van der Waals surface area contributed by atoms with Crippen molar-refractivity contribution in [3.63, 3.8) is 0 Å². The third-order valence-electron chi connectivity index (χ3n) is 13.3. The number of methoxy groups -OCH3 is 5. The molecular weight excluding hydrogens is 911 g/mol. The lowest BCUT2D eigenvalue weighted by molar-refractivity contribution is -0.361. The van der Waals surface area contributed by atoms with Crippen LogP contribution in [0.15, 0.2) is 34.4 Å². The van der Waals surface area contributed by atoms with Crippen LogP contribution in [0.5, 0.6) is 5.75 Å². The smallest absolute Gasteiger partial charge is 0.309 e. The fraction of sp³-hybridized carbons (Fsp3) is 0.773. The number of carbonyl (C=O) groups excluding carboxylic acids is 2. The van der Waals surface area contributed by atoms with E-state index in [0.29, 0.717) is 13.0 Å². The van der Waals surface area contributed by atoms with Gasteiger partial charge in [0.15, 0.2) is 18.4 Å². The van der Waals surface area contributed by atoms with Crippen molar-refractivity contribution in [3.8, 4) is 5.75 Å². The Bertz CT molecular complexity index is 1630. The maximum atomic E-state index is 14.0. The molecule has 0 radical (unpaired) electrons. The molecule has 0 aromatic heterocycles. The fourth-order valence-corrected chi connectivity index (χ4v) is 9.66. The third-order valence-corrected chi connectivity index (χ3v) is 13.7. The summed E-state index contributed by atoms with van der Waals surface area (Å²) in [5, 5.41) is 11.8. The van der Waals surface area contributed by atoms with Crippen molar-refractivity contribution >= 4 is 34.3 Å². The number of ketones is 1. The largest absolute Gasteiger partial charge is 0.497 e. The van der Waals surface area contributed by atoms with E-state index >= 15 is 0 Å². The van der Waals surface area contributed by atoms with Gasteiger partial charge in [-0.2, -0.15) is 0 Å². The fourth-order valence-electron chi connectivity index (χ4n) is 9.28. The zero-order valence-electron chi connectivity index (χ0n) is 36.9. The molecular formula is C44H65IO16. The number of ether oxygens (including phenoxy) is 13. The van der Waals surface area contributed by atoms with E-state index in [1.807, 2.05) is 52.0 Å². The first kappa shape index (κ1) is 48.6. The summed E-state index contributed by atoms with van der Waals surface area (Å²) < 4.78 is 82.4. The van der Waals surface area contributed by atoms with Crippen LogP contribution in [0.2, 0.25) is 0 Å². The van der Waals surface area contributed by atoms with E-state index in [0.717, 1.165) is 11.3 Å². The molecule has 5 heterocycles. The molecule has 17 atom stereocenters. The van der Waals surface area contributed by atoms with Gasteiger partial charge in [-0.25, -0.2) is 0 Å². The summed E-state index contributed by atoms with van der Waals surface area (Å²) in [4.78, 5) is 27.7. The number of rotatable bonds is 13. The molecule has 0 amide bonds. The first-order chi connectivity index (χ1) is 29.1. The zero-order valence-corrected chi connectivity index (χ0v) is 39.1. The van der Waals surface area contributed by atoms with Gasteiger partial charge in [0.25, 0.3) is 0 Å². The second-order valence-corrected chi connectivity index (χ2v) is 18.1. The van der Waals surface area contributed by atoms with Gasteiger partial charge >= 0.3 is 5.97 Å². The number of Topliss-reactive ketones (excluding diaryl/α,β-unsaturated/α-hetero) is 1. The zero-order chi connectivity index (χ0) is 44.2. The minimum Gasteiger partial charge on any atom is -0.497 e. The van der Waals surface area contributed by atoms with Gasteiger partial charge < -0.3 is 66.7 Å². The van der Waals surface area contributed by atoms with Crippen molar-refractivity contribution in [3.05, 3.63) is 40.0 Å². The third kappa shape index (κ3) is 10.5. The molecule has 0 spiro atoms. The first-order valence-corrected chi connectivity index (χ1v) is 22.4. The molecule has 6 rings (SSSR count). The highest BCUT2D eigenvalue weighted by molar-refractivity contribution is 14.1.